The first-order valence-corrected chi connectivity index (χ1v) is 22.6. The summed E-state index contributed by atoms with van der Waals surface area (Å²) in [4.78, 5) is 43.6. The molecule has 0 spiro atoms. The first-order chi connectivity index (χ1) is 30.2. The van der Waals surface area contributed by atoms with Crippen LogP contribution >= 0.6 is 0 Å². The van der Waals surface area contributed by atoms with Gasteiger partial charge >= 0.3 is 11.8 Å². The number of aromatic hydroxyl groups is 3. The van der Waals surface area contributed by atoms with Crippen LogP contribution in [0.1, 0.15) is 115 Å². The van der Waals surface area contributed by atoms with Crippen molar-refractivity contribution in [1.82, 2.24) is 9.91 Å². The van der Waals surface area contributed by atoms with Gasteiger partial charge in [-0.25, -0.2) is 0 Å². The average Bonchev–Trinajstić information content (AvgIpc) is 3.90. The molecule has 6 N–H and O–H groups in total. The summed E-state index contributed by atoms with van der Waals surface area (Å²) in [5.41, 5.74) is -1.50. The van der Waals surface area contributed by atoms with Crippen LogP contribution in [-0.4, -0.2) is 128 Å². The van der Waals surface area contributed by atoms with Crippen molar-refractivity contribution in [3.05, 3.63) is 40.7 Å². The number of piperazine rings is 1. The van der Waals surface area contributed by atoms with E-state index in [1.807, 2.05) is 11.9 Å². The highest BCUT2D eigenvalue weighted by Gasteiger charge is 2.51. The number of benzene rings is 2. The number of ketones is 1. The summed E-state index contributed by atoms with van der Waals surface area (Å²) in [5, 5.41) is 68.1. The van der Waals surface area contributed by atoms with Gasteiger partial charge in [-0.2, -0.15) is 5.10 Å². The molecule has 4 heterocycles. The normalized spacial score (nSPS) is 33.0. The van der Waals surface area contributed by atoms with Crippen LogP contribution in [0.5, 0.6) is 23.0 Å². The Hall–Kier alpha value is -4.90. The van der Waals surface area contributed by atoms with E-state index in [-0.39, 0.29) is 50.4 Å². The lowest BCUT2D eigenvalue weighted by Gasteiger charge is -2.45. The first kappa shape index (κ1) is 48.6. The number of methoxy groups -OCH3 is 1. The van der Waals surface area contributed by atoms with Crippen LogP contribution in [-0.2, 0) is 23.8 Å². The fourth-order valence-electron chi connectivity index (χ4n) is 10.0. The summed E-state index contributed by atoms with van der Waals surface area (Å²) in [5.74, 6) is -8.05. The molecule has 16 heteroatoms. The number of carbonyl (C=O) groups excluding carboxylic acids is 3. The van der Waals surface area contributed by atoms with E-state index in [0.717, 1.165) is 13.1 Å². The number of fused-ring (bicyclic) bond motifs is 15. The van der Waals surface area contributed by atoms with Gasteiger partial charge in [-0.3, -0.25) is 24.3 Å². The van der Waals surface area contributed by atoms with E-state index in [1.54, 1.807) is 40.7 Å². The third-order valence-electron chi connectivity index (χ3n) is 14.7. The number of anilines is 1. The molecule has 1 aliphatic carbocycles. The Morgan fingerprint density at radius 2 is 1.58 bits per heavy atom. The van der Waals surface area contributed by atoms with Crippen LogP contribution in [0.15, 0.2) is 29.1 Å². The minimum atomic E-state index is -2.05. The molecular weight excluding hydrogens is 825 g/mol. The van der Waals surface area contributed by atoms with Gasteiger partial charge in [0.1, 0.15) is 22.8 Å². The molecule has 352 valence electrons. The van der Waals surface area contributed by atoms with Crippen LogP contribution in [0.2, 0.25) is 0 Å². The van der Waals surface area contributed by atoms with E-state index in [1.165, 1.54) is 72.1 Å². The first-order valence-electron chi connectivity index (χ1n) is 22.6. The summed E-state index contributed by atoms with van der Waals surface area (Å²) < 4.78 is 24.1. The largest absolute Gasteiger partial charge is 0.507 e. The molecule has 0 aromatic heterocycles. The lowest BCUT2D eigenvalue weighted by Crippen LogP contribution is -2.54. The van der Waals surface area contributed by atoms with Gasteiger partial charge in [0.05, 0.1) is 53.0 Å². The number of phenols is 3. The molecule has 5 bridgehead atoms. The minimum absolute atomic E-state index is 0.0703. The number of hydrogen-bond acceptors (Lipinski definition) is 15. The van der Waals surface area contributed by atoms with Crippen molar-refractivity contribution in [3.63, 3.8) is 0 Å². The molecular formula is C48H68N4O12. The maximum atomic E-state index is 14.6. The summed E-state index contributed by atoms with van der Waals surface area (Å²) in [7, 11) is 1.45. The third-order valence-corrected chi connectivity index (χ3v) is 14.7. The summed E-state index contributed by atoms with van der Waals surface area (Å²) >= 11 is 0. The van der Waals surface area contributed by atoms with E-state index in [4.69, 9.17) is 24.0 Å². The number of ether oxygens (including phenoxy) is 4. The van der Waals surface area contributed by atoms with Crippen molar-refractivity contribution in [2.45, 2.75) is 137 Å². The van der Waals surface area contributed by atoms with Crippen molar-refractivity contribution in [1.29, 1.82) is 0 Å². The van der Waals surface area contributed by atoms with E-state index in [9.17, 15) is 39.9 Å². The number of carbonyl (C=O) groups is 3. The van der Waals surface area contributed by atoms with Crippen LogP contribution < -0.4 is 10.1 Å². The van der Waals surface area contributed by atoms with Gasteiger partial charge in [-0.15, -0.1) is 0 Å². The number of aliphatic hydroxyl groups excluding tert-OH is 2. The number of nitrogens with zero attached hydrogens (tertiary/aromatic N) is 3. The predicted molar refractivity (Wildman–Crippen MR) is 242 cm³/mol. The molecule has 16 nitrogen and oxygen atoms in total. The van der Waals surface area contributed by atoms with Gasteiger partial charge in [-0.05, 0) is 58.4 Å². The zero-order valence-corrected chi connectivity index (χ0v) is 38.9. The fraction of sp³-hybridized carbons (Fsp3) is 0.625. The van der Waals surface area contributed by atoms with Gasteiger partial charge in [0.25, 0.3) is 11.7 Å². The molecule has 1 unspecified atom stereocenters. The van der Waals surface area contributed by atoms with Gasteiger partial charge in [0.15, 0.2) is 5.75 Å². The monoisotopic (exact) mass is 892 g/mol. The highest BCUT2D eigenvalue weighted by Crippen LogP contribution is 2.55. The van der Waals surface area contributed by atoms with E-state index in [0.29, 0.717) is 32.0 Å². The molecule has 5 aliphatic rings. The number of rotatable bonds is 5. The molecule has 7 rings (SSSR count). The van der Waals surface area contributed by atoms with E-state index >= 15 is 0 Å². The third kappa shape index (κ3) is 9.16. The van der Waals surface area contributed by atoms with Crippen LogP contribution in [0, 0.1) is 30.6 Å². The van der Waals surface area contributed by atoms with Crippen molar-refractivity contribution >= 4 is 40.3 Å². The lowest BCUT2D eigenvalue weighted by atomic mass is 9.70. The second-order valence-electron chi connectivity index (χ2n) is 18.7. The number of Topliss-reactive ketones (excluding diaryl/α,β-unsaturated/α-hetero) is 1. The van der Waals surface area contributed by atoms with Gasteiger partial charge in [0, 0.05) is 87.5 Å². The average molecular weight is 893 g/mol. The Balaban J connectivity index is 1.47. The van der Waals surface area contributed by atoms with Crippen LogP contribution in [0.4, 0.5) is 5.69 Å². The van der Waals surface area contributed by atoms with Crippen molar-refractivity contribution < 1.29 is 58.9 Å². The van der Waals surface area contributed by atoms with Gasteiger partial charge in [0.2, 0.25) is 0 Å². The Kier molecular flexibility index (Phi) is 14.6. The highest BCUT2D eigenvalue weighted by molar-refractivity contribution is 6.23. The number of allylic oxidation sites excluding steroid dienone is 1. The van der Waals surface area contributed by atoms with Crippen molar-refractivity contribution in [2.24, 2.45) is 28.8 Å². The zero-order valence-electron chi connectivity index (χ0n) is 38.9. The maximum absolute atomic E-state index is 14.6. The minimum Gasteiger partial charge on any atom is -0.507 e. The maximum Gasteiger partial charge on any atom is 0.312 e. The quantitative estimate of drug-likeness (QED) is 0.0845. The van der Waals surface area contributed by atoms with Crippen molar-refractivity contribution in [2.75, 3.05) is 38.6 Å². The number of phenolic OH excluding ortho intramolecular Hbond substituents is 3. The molecule has 1 amide bonds. The summed E-state index contributed by atoms with van der Waals surface area (Å²) in [6, 6.07) is 0.557. The van der Waals surface area contributed by atoms with E-state index < -0.39 is 82.4 Å². The molecule has 4 aliphatic heterocycles. The lowest BCUT2D eigenvalue weighted by molar-refractivity contribution is -0.185. The molecule has 2 aromatic carbocycles. The molecule has 2 aromatic rings. The second-order valence-corrected chi connectivity index (χ2v) is 18.7. The second kappa shape index (κ2) is 19.3. The zero-order chi connectivity index (χ0) is 47.0. The smallest absolute Gasteiger partial charge is 0.312 e. The highest BCUT2D eigenvalue weighted by atomic mass is 16.7. The van der Waals surface area contributed by atoms with Gasteiger partial charge < -0.3 is 49.8 Å². The number of aliphatic hydroxyl groups is 2. The standard InChI is InChI=1S/C48H68N4O12/c1-25-14-13-15-26(2)46(60)50-38-33(24-49-52-21-19-51(20-22-52)32-16-11-12-17-32)42(57)35-36(43(38)58)41(56)28(4)44-37(35)45(59)48(9,64-44)62-23-18-34(61-10)29(5)47(8,63-31(7)53)30(6)40(55)27(3)39(25)54/h15,18,23-25,27,29-30,32,34,39-40,54-58H,11-14,16-17,19-22H2,1-10H3,(H,50,60)/b23-18+,26-15-,49-24+/t25-,27+,29-,30+,34-,39?,40+,47+,48-/m0/s1. The molecule has 1 saturated heterocycles. The Bertz CT molecular complexity index is 2190. The molecule has 64 heavy (non-hydrogen) atoms. The topological polar surface area (TPSA) is 220 Å². The summed E-state index contributed by atoms with van der Waals surface area (Å²) in [6.45, 7) is 17.4. The van der Waals surface area contributed by atoms with Crippen LogP contribution in [0.25, 0.3) is 10.8 Å². The van der Waals surface area contributed by atoms with Crippen LogP contribution in [0.3, 0.4) is 0 Å². The molecule has 2 fully saturated rings. The Labute approximate surface area is 375 Å². The number of hydrazone groups is 1. The Morgan fingerprint density at radius 3 is 2.20 bits per heavy atom. The number of hydrogen-bond donors (Lipinski definition) is 6. The van der Waals surface area contributed by atoms with Gasteiger partial charge in [-0.1, -0.05) is 46.6 Å². The molecule has 1 saturated carbocycles. The Morgan fingerprint density at radius 1 is 0.922 bits per heavy atom. The number of nitrogens with one attached hydrogen (secondary N) is 1. The number of amides is 1. The van der Waals surface area contributed by atoms with E-state index in [2.05, 4.69) is 10.2 Å². The van der Waals surface area contributed by atoms with Crippen molar-refractivity contribution in [3.8, 4) is 23.0 Å². The predicted octanol–water partition coefficient (Wildman–Crippen LogP) is 6.26. The SMILES string of the molecule is CO[C@H]1/C=C/O[C@@]2(C)Oc3c(C)c(O)c4c(O)c(c(/C=N/N5CCN(C6CCCC6)CC5)c(O)c4c3C2=O)NC(=O)/C(C)=C\CC[C@H](C)C(O)[C@@H](C)[C@@H](O)[C@@H](C)[C@](C)(OC(C)=O)[C@H]1C. The fourth-order valence-corrected chi connectivity index (χ4v) is 10.0. The number of esters is 1. The molecule has 9 atom stereocenters. The molecule has 0 radical (unpaired) electrons. The summed E-state index contributed by atoms with van der Waals surface area (Å²) in [6.07, 6.45) is 8.46.